The van der Waals surface area contributed by atoms with E-state index in [0.717, 1.165) is 19.4 Å². The average molecular weight is 238 g/mol. The van der Waals surface area contributed by atoms with Gasteiger partial charge in [0.25, 0.3) is 5.91 Å². The summed E-state index contributed by atoms with van der Waals surface area (Å²) in [4.78, 5) is 16.6. The quantitative estimate of drug-likeness (QED) is 0.776. The molecule has 1 aliphatic heterocycles. The molecule has 1 heterocycles. The Morgan fingerprint density at radius 3 is 3.18 bits per heavy atom. The summed E-state index contributed by atoms with van der Waals surface area (Å²) >= 11 is 0. The van der Waals surface area contributed by atoms with Gasteiger partial charge in [0.1, 0.15) is 5.82 Å². The van der Waals surface area contributed by atoms with Gasteiger partial charge in [0.05, 0.1) is 6.61 Å². The summed E-state index contributed by atoms with van der Waals surface area (Å²) in [6.45, 7) is 1.42. The van der Waals surface area contributed by atoms with Crippen LogP contribution in [0.15, 0.2) is 24.3 Å². The SMILES string of the molecule is O=C(NOCC1CCCN1)c1cccc(F)c1. The number of halogens is 1. The maximum absolute atomic E-state index is 12.9. The molecule has 92 valence electrons. The summed E-state index contributed by atoms with van der Waals surface area (Å²) in [5.74, 6) is -0.863. The number of rotatable bonds is 4. The van der Waals surface area contributed by atoms with Crippen molar-refractivity contribution in [2.75, 3.05) is 13.2 Å². The third-order valence-corrected chi connectivity index (χ3v) is 2.70. The fourth-order valence-corrected chi connectivity index (χ4v) is 1.80. The molecule has 1 saturated heterocycles. The molecule has 2 N–H and O–H groups in total. The third-order valence-electron chi connectivity index (χ3n) is 2.70. The zero-order valence-corrected chi connectivity index (χ0v) is 9.41. The Morgan fingerprint density at radius 2 is 2.47 bits per heavy atom. The van der Waals surface area contributed by atoms with Crippen LogP contribution in [0, 0.1) is 5.82 Å². The van der Waals surface area contributed by atoms with Gasteiger partial charge in [-0.15, -0.1) is 0 Å². The standard InChI is InChI=1S/C12H15FN2O2/c13-10-4-1-3-9(7-10)12(16)15-17-8-11-5-2-6-14-11/h1,3-4,7,11,14H,2,5-6,8H2,(H,15,16). The van der Waals surface area contributed by atoms with Crippen LogP contribution in [0.2, 0.25) is 0 Å². The summed E-state index contributed by atoms with van der Waals surface area (Å²) in [5.41, 5.74) is 2.56. The molecule has 2 rings (SSSR count). The second-order valence-corrected chi connectivity index (χ2v) is 4.05. The number of benzene rings is 1. The zero-order chi connectivity index (χ0) is 12.1. The van der Waals surface area contributed by atoms with E-state index >= 15 is 0 Å². The minimum absolute atomic E-state index is 0.254. The molecular weight excluding hydrogens is 223 g/mol. The second kappa shape index (κ2) is 5.75. The van der Waals surface area contributed by atoms with E-state index in [1.54, 1.807) is 0 Å². The monoisotopic (exact) mass is 238 g/mol. The van der Waals surface area contributed by atoms with E-state index in [1.165, 1.54) is 24.3 Å². The van der Waals surface area contributed by atoms with Crippen molar-refractivity contribution in [1.29, 1.82) is 0 Å². The first-order valence-corrected chi connectivity index (χ1v) is 5.67. The molecule has 1 aromatic rings. The Labute approximate surface area is 99.1 Å². The van der Waals surface area contributed by atoms with Crippen molar-refractivity contribution in [1.82, 2.24) is 10.8 Å². The number of hydrogen-bond donors (Lipinski definition) is 2. The number of carbonyl (C=O) groups is 1. The lowest BCUT2D eigenvalue weighted by molar-refractivity contribution is 0.0242. The molecule has 17 heavy (non-hydrogen) atoms. The van der Waals surface area contributed by atoms with Gasteiger partial charge in [-0.2, -0.15) is 0 Å². The van der Waals surface area contributed by atoms with Crippen molar-refractivity contribution in [3.8, 4) is 0 Å². The molecule has 1 amide bonds. The van der Waals surface area contributed by atoms with Crippen molar-refractivity contribution < 1.29 is 14.0 Å². The first-order chi connectivity index (χ1) is 8.25. The van der Waals surface area contributed by atoms with Crippen molar-refractivity contribution in [3.05, 3.63) is 35.6 Å². The summed E-state index contributed by atoms with van der Waals surface area (Å²) in [6.07, 6.45) is 2.18. The molecule has 0 aromatic heterocycles. The number of carbonyl (C=O) groups excluding carboxylic acids is 1. The number of hydroxylamine groups is 1. The van der Waals surface area contributed by atoms with E-state index in [2.05, 4.69) is 10.8 Å². The van der Waals surface area contributed by atoms with E-state index in [0.29, 0.717) is 12.6 Å². The molecule has 4 nitrogen and oxygen atoms in total. The van der Waals surface area contributed by atoms with Gasteiger partial charge < -0.3 is 5.32 Å². The smallest absolute Gasteiger partial charge is 0.274 e. The first-order valence-electron chi connectivity index (χ1n) is 5.67. The van der Waals surface area contributed by atoms with Gasteiger partial charge in [0, 0.05) is 11.6 Å². The highest BCUT2D eigenvalue weighted by atomic mass is 19.1. The highest BCUT2D eigenvalue weighted by Crippen LogP contribution is 2.05. The van der Waals surface area contributed by atoms with Crippen LogP contribution >= 0.6 is 0 Å². The molecule has 1 atom stereocenters. The molecule has 0 bridgehead atoms. The van der Waals surface area contributed by atoms with E-state index in [1.807, 2.05) is 0 Å². The minimum Gasteiger partial charge on any atom is -0.312 e. The van der Waals surface area contributed by atoms with Crippen LogP contribution < -0.4 is 10.8 Å². The van der Waals surface area contributed by atoms with Crippen LogP contribution in [-0.2, 0) is 4.84 Å². The summed E-state index contributed by atoms with van der Waals surface area (Å²) < 4.78 is 12.9. The van der Waals surface area contributed by atoms with Gasteiger partial charge in [-0.05, 0) is 37.6 Å². The lowest BCUT2D eigenvalue weighted by Gasteiger charge is -2.10. The van der Waals surface area contributed by atoms with E-state index in [4.69, 9.17) is 4.84 Å². The van der Waals surface area contributed by atoms with Crippen LogP contribution in [0.4, 0.5) is 4.39 Å². The van der Waals surface area contributed by atoms with Crippen molar-refractivity contribution in [2.45, 2.75) is 18.9 Å². The molecule has 0 saturated carbocycles. The largest absolute Gasteiger partial charge is 0.312 e. The third kappa shape index (κ3) is 3.51. The molecule has 1 aromatic carbocycles. The average Bonchev–Trinajstić information content (AvgIpc) is 2.82. The van der Waals surface area contributed by atoms with Gasteiger partial charge >= 0.3 is 0 Å². The van der Waals surface area contributed by atoms with Crippen molar-refractivity contribution in [3.63, 3.8) is 0 Å². The predicted molar refractivity (Wildman–Crippen MR) is 60.8 cm³/mol. The van der Waals surface area contributed by atoms with Crippen LogP contribution in [0.5, 0.6) is 0 Å². The van der Waals surface area contributed by atoms with E-state index < -0.39 is 11.7 Å². The number of amides is 1. The maximum Gasteiger partial charge on any atom is 0.274 e. The fourth-order valence-electron chi connectivity index (χ4n) is 1.80. The molecule has 0 aliphatic carbocycles. The first kappa shape index (κ1) is 12.0. The summed E-state index contributed by atoms with van der Waals surface area (Å²) in [7, 11) is 0. The van der Waals surface area contributed by atoms with Crippen molar-refractivity contribution >= 4 is 5.91 Å². The minimum atomic E-state index is -0.435. The van der Waals surface area contributed by atoms with Crippen LogP contribution in [0.3, 0.4) is 0 Å². The predicted octanol–water partition coefficient (Wildman–Crippen LogP) is 1.24. The van der Waals surface area contributed by atoms with Crippen LogP contribution in [0.25, 0.3) is 0 Å². The second-order valence-electron chi connectivity index (χ2n) is 4.05. The number of hydrogen-bond acceptors (Lipinski definition) is 3. The number of nitrogens with one attached hydrogen (secondary N) is 2. The van der Waals surface area contributed by atoms with Gasteiger partial charge in [0.15, 0.2) is 0 Å². The van der Waals surface area contributed by atoms with Gasteiger partial charge in [0.2, 0.25) is 0 Å². The van der Waals surface area contributed by atoms with Crippen molar-refractivity contribution in [2.24, 2.45) is 0 Å². The lowest BCUT2D eigenvalue weighted by atomic mass is 10.2. The molecule has 0 spiro atoms. The van der Waals surface area contributed by atoms with Gasteiger partial charge in [-0.25, -0.2) is 9.87 Å². The highest BCUT2D eigenvalue weighted by molar-refractivity contribution is 5.93. The fraction of sp³-hybridized carbons (Fsp3) is 0.417. The zero-order valence-electron chi connectivity index (χ0n) is 9.41. The molecule has 5 heteroatoms. The lowest BCUT2D eigenvalue weighted by Crippen LogP contribution is -2.32. The van der Waals surface area contributed by atoms with E-state index in [-0.39, 0.29) is 5.56 Å². The Bertz CT molecular complexity index is 392. The molecule has 1 fully saturated rings. The maximum atomic E-state index is 12.9. The Balaban J connectivity index is 1.77. The van der Waals surface area contributed by atoms with Gasteiger partial charge in [-0.1, -0.05) is 6.07 Å². The molecular formula is C12H15FN2O2. The summed E-state index contributed by atoms with van der Waals surface area (Å²) in [5, 5.41) is 3.24. The van der Waals surface area contributed by atoms with Crippen LogP contribution in [-0.4, -0.2) is 25.1 Å². The molecule has 1 unspecified atom stereocenters. The highest BCUT2D eigenvalue weighted by Gasteiger charge is 2.14. The Hall–Kier alpha value is -1.46. The molecule has 0 radical (unpaired) electrons. The normalized spacial score (nSPS) is 19.2. The Morgan fingerprint density at radius 1 is 1.59 bits per heavy atom. The summed E-state index contributed by atoms with van der Waals surface area (Å²) in [6, 6.07) is 5.79. The van der Waals surface area contributed by atoms with E-state index in [9.17, 15) is 9.18 Å². The molecule has 1 aliphatic rings. The van der Waals surface area contributed by atoms with Crippen LogP contribution in [0.1, 0.15) is 23.2 Å². The van der Waals surface area contributed by atoms with Gasteiger partial charge in [-0.3, -0.25) is 9.63 Å². The topological polar surface area (TPSA) is 50.4 Å². The Kier molecular flexibility index (Phi) is 4.06.